The minimum atomic E-state index is -3.24. The molecule has 4 saturated carbocycles. The molecule has 1 aromatic carbocycles. The molecule has 4 fully saturated rings. The zero-order valence-corrected chi connectivity index (χ0v) is 21.0. The summed E-state index contributed by atoms with van der Waals surface area (Å²) in [6.07, 6.45) is 10.7. The van der Waals surface area contributed by atoms with Crippen LogP contribution in [0.2, 0.25) is 0 Å². The summed E-state index contributed by atoms with van der Waals surface area (Å²) >= 11 is 0. The number of aliphatic hydroxyl groups excluding tert-OH is 1. The Bertz CT molecular complexity index is 927. The van der Waals surface area contributed by atoms with Gasteiger partial charge in [0.05, 0.1) is 16.8 Å². The smallest absolute Gasteiger partial charge is 0.178 e. The van der Waals surface area contributed by atoms with E-state index in [-0.39, 0.29) is 23.2 Å². The van der Waals surface area contributed by atoms with Crippen LogP contribution in [0.5, 0.6) is 0 Å². The van der Waals surface area contributed by atoms with Gasteiger partial charge in [-0.1, -0.05) is 39.0 Å². The number of benzene rings is 1. The van der Waals surface area contributed by atoms with Crippen LogP contribution in [0.4, 0.5) is 0 Å². The van der Waals surface area contributed by atoms with Gasteiger partial charge in [-0.2, -0.15) is 0 Å². The molecule has 0 amide bonds. The lowest BCUT2D eigenvalue weighted by Gasteiger charge is -2.61. The van der Waals surface area contributed by atoms with Crippen molar-refractivity contribution in [2.45, 2.75) is 89.6 Å². The predicted molar refractivity (Wildman–Crippen MR) is 129 cm³/mol. The van der Waals surface area contributed by atoms with Crippen molar-refractivity contribution in [2.24, 2.45) is 46.3 Å². The fourth-order valence-corrected chi connectivity index (χ4v) is 11.1. The van der Waals surface area contributed by atoms with Gasteiger partial charge in [-0.15, -0.1) is 0 Å². The third-order valence-corrected chi connectivity index (χ3v) is 12.9. The second-order valence-corrected chi connectivity index (χ2v) is 14.4. The van der Waals surface area contributed by atoms with E-state index in [1.807, 2.05) is 18.2 Å². The second-order valence-electron chi connectivity index (χ2n) is 12.4. The summed E-state index contributed by atoms with van der Waals surface area (Å²) in [6.45, 7) is 7.26. The van der Waals surface area contributed by atoms with Gasteiger partial charge in [-0.3, -0.25) is 0 Å². The summed E-state index contributed by atoms with van der Waals surface area (Å²) < 4.78 is 26.2. The molecular weight excluding hydrogens is 416 g/mol. The van der Waals surface area contributed by atoms with Gasteiger partial charge >= 0.3 is 0 Å². The molecule has 3 nitrogen and oxygen atoms in total. The zero-order valence-electron chi connectivity index (χ0n) is 20.2. The van der Waals surface area contributed by atoms with Gasteiger partial charge in [0.25, 0.3) is 0 Å². The summed E-state index contributed by atoms with van der Waals surface area (Å²) in [5.41, 5.74) is 0.688. The molecular formula is C28H42O3S. The van der Waals surface area contributed by atoms with Gasteiger partial charge < -0.3 is 5.11 Å². The fourth-order valence-electron chi connectivity index (χ4n) is 9.40. The first kappa shape index (κ1) is 22.9. The van der Waals surface area contributed by atoms with Gasteiger partial charge in [0, 0.05) is 0 Å². The van der Waals surface area contributed by atoms with Crippen molar-refractivity contribution in [1.82, 2.24) is 0 Å². The highest BCUT2D eigenvalue weighted by atomic mass is 32.2. The SMILES string of the molecule is C[C@H](CS(=O)(=O)c1ccccc1)C1CCC2[C@@H]3CCC4C[C@@H](O)CC[C@]4(C)C3CC[C@@]21C. The van der Waals surface area contributed by atoms with Crippen molar-refractivity contribution in [3.63, 3.8) is 0 Å². The molecule has 0 radical (unpaired) electrons. The Morgan fingerprint density at radius 2 is 1.62 bits per heavy atom. The molecule has 0 aliphatic heterocycles. The van der Waals surface area contributed by atoms with E-state index in [1.54, 1.807) is 12.1 Å². The van der Waals surface area contributed by atoms with Gasteiger partial charge in [-0.05, 0) is 116 Å². The molecule has 0 aromatic heterocycles. The molecule has 4 aliphatic rings. The first-order chi connectivity index (χ1) is 15.1. The van der Waals surface area contributed by atoms with Crippen molar-refractivity contribution >= 4 is 9.84 Å². The monoisotopic (exact) mass is 458 g/mol. The molecule has 4 heteroatoms. The number of aliphatic hydroxyl groups is 1. The average Bonchev–Trinajstić information content (AvgIpc) is 3.12. The Labute approximate surface area is 195 Å². The van der Waals surface area contributed by atoms with Crippen molar-refractivity contribution in [1.29, 1.82) is 0 Å². The third kappa shape index (κ3) is 3.59. The molecule has 0 bridgehead atoms. The minimum Gasteiger partial charge on any atom is -0.393 e. The second kappa shape index (κ2) is 8.12. The van der Waals surface area contributed by atoms with Crippen LogP contribution < -0.4 is 0 Å². The average molecular weight is 459 g/mol. The topological polar surface area (TPSA) is 54.4 Å². The van der Waals surface area contributed by atoms with Crippen LogP contribution in [0.1, 0.15) is 78.6 Å². The number of fused-ring (bicyclic) bond motifs is 5. The maximum absolute atomic E-state index is 13.1. The first-order valence-corrected chi connectivity index (χ1v) is 14.8. The van der Waals surface area contributed by atoms with E-state index in [1.165, 1.54) is 44.9 Å². The van der Waals surface area contributed by atoms with E-state index >= 15 is 0 Å². The molecule has 5 rings (SSSR count). The van der Waals surface area contributed by atoms with Crippen LogP contribution in [0.3, 0.4) is 0 Å². The van der Waals surface area contributed by atoms with Gasteiger partial charge in [0.2, 0.25) is 0 Å². The molecule has 178 valence electrons. The molecule has 4 aliphatic carbocycles. The summed E-state index contributed by atoms with van der Waals surface area (Å²) in [7, 11) is -3.24. The lowest BCUT2D eigenvalue weighted by molar-refractivity contribution is -0.128. The van der Waals surface area contributed by atoms with Crippen LogP contribution >= 0.6 is 0 Å². The highest BCUT2D eigenvalue weighted by molar-refractivity contribution is 7.91. The third-order valence-electron chi connectivity index (χ3n) is 11.0. The zero-order chi connectivity index (χ0) is 22.7. The first-order valence-electron chi connectivity index (χ1n) is 13.1. The lowest BCUT2D eigenvalue weighted by Crippen LogP contribution is -2.54. The van der Waals surface area contributed by atoms with E-state index in [9.17, 15) is 13.5 Å². The summed E-state index contributed by atoms with van der Waals surface area (Å²) in [5, 5.41) is 10.3. The van der Waals surface area contributed by atoms with E-state index in [0.29, 0.717) is 22.1 Å². The maximum atomic E-state index is 13.1. The Hall–Kier alpha value is -0.870. The molecule has 0 heterocycles. The quantitative estimate of drug-likeness (QED) is 0.592. The summed E-state index contributed by atoms with van der Waals surface area (Å²) in [6, 6.07) is 9.02. The summed E-state index contributed by atoms with van der Waals surface area (Å²) in [5.74, 6) is 4.02. The van der Waals surface area contributed by atoms with Crippen LogP contribution in [0, 0.1) is 46.3 Å². The highest BCUT2D eigenvalue weighted by Gasteiger charge is 2.60. The fraction of sp³-hybridized carbons (Fsp3) is 0.786. The van der Waals surface area contributed by atoms with Gasteiger partial charge in [-0.25, -0.2) is 8.42 Å². The highest BCUT2D eigenvalue weighted by Crippen LogP contribution is 2.68. The number of hydrogen-bond donors (Lipinski definition) is 1. The lowest BCUT2D eigenvalue weighted by atomic mass is 9.44. The Kier molecular flexibility index (Phi) is 5.81. The van der Waals surface area contributed by atoms with Gasteiger partial charge in [0.15, 0.2) is 9.84 Å². The van der Waals surface area contributed by atoms with E-state index < -0.39 is 9.84 Å². The number of sulfone groups is 1. The maximum Gasteiger partial charge on any atom is 0.178 e. The predicted octanol–water partition coefficient (Wildman–Crippen LogP) is 6.12. The van der Waals surface area contributed by atoms with Crippen LogP contribution in [-0.2, 0) is 9.84 Å². The Morgan fingerprint density at radius 3 is 2.38 bits per heavy atom. The van der Waals surface area contributed by atoms with Crippen LogP contribution in [0.25, 0.3) is 0 Å². The van der Waals surface area contributed by atoms with Crippen molar-refractivity contribution in [3.8, 4) is 0 Å². The number of hydrogen-bond acceptors (Lipinski definition) is 3. The molecule has 0 spiro atoms. The number of rotatable bonds is 4. The molecule has 9 atom stereocenters. The van der Waals surface area contributed by atoms with E-state index in [0.717, 1.165) is 30.6 Å². The van der Waals surface area contributed by atoms with Crippen LogP contribution in [0.15, 0.2) is 35.2 Å². The van der Waals surface area contributed by atoms with E-state index in [4.69, 9.17) is 0 Å². The van der Waals surface area contributed by atoms with Crippen molar-refractivity contribution in [2.75, 3.05) is 5.75 Å². The normalized spacial score (nSPS) is 44.9. The van der Waals surface area contributed by atoms with Crippen LogP contribution in [-0.4, -0.2) is 25.4 Å². The van der Waals surface area contributed by atoms with E-state index in [2.05, 4.69) is 20.8 Å². The van der Waals surface area contributed by atoms with Crippen molar-refractivity contribution < 1.29 is 13.5 Å². The molecule has 1 aromatic rings. The molecule has 4 unspecified atom stereocenters. The summed E-state index contributed by atoms with van der Waals surface area (Å²) in [4.78, 5) is 0.473. The van der Waals surface area contributed by atoms with Gasteiger partial charge in [0.1, 0.15) is 0 Å². The Balaban J connectivity index is 1.34. The minimum absolute atomic E-state index is 0.0817. The molecule has 1 N–H and O–H groups in total. The standard InChI is InChI=1S/C28H42O3S/c1-19(18-32(30,31)22-7-5-4-6-8-22)24-11-12-25-23-10-9-20-17-21(29)13-15-27(20,2)26(23)14-16-28(24,25)3/h4-8,19-21,23-26,29H,9-18H2,1-3H3/t19-,20?,21+,23+,24?,25?,26?,27+,28-/m1/s1. The van der Waals surface area contributed by atoms with Crippen molar-refractivity contribution in [3.05, 3.63) is 30.3 Å². The molecule has 0 saturated heterocycles. The largest absolute Gasteiger partial charge is 0.393 e. The Morgan fingerprint density at radius 1 is 0.938 bits per heavy atom. The molecule has 32 heavy (non-hydrogen) atoms.